The molecule has 8 heteroatoms. The molecule has 0 saturated carbocycles. The quantitative estimate of drug-likeness (QED) is 0.834. The van der Waals surface area contributed by atoms with Crippen LogP contribution in [0.4, 0.5) is 5.69 Å². The van der Waals surface area contributed by atoms with Crippen molar-refractivity contribution < 1.29 is 8.42 Å². The molecule has 19 heavy (non-hydrogen) atoms. The molecule has 1 aromatic heterocycles. The largest absolute Gasteiger partial charge is 0.379 e. The highest BCUT2D eigenvalue weighted by Crippen LogP contribution is 2.17. The molecule has 0 aromatic carbocycles. The lowest BCUT2D eigenvalue weighted by Gasteiger charge is -2.15. The van der Waals surface area contributed by atoms with Gasteiger partial charge in [-0.25, -0.2) is 13.1 Å². The van der Waals surface area contributed by atoms with Gasteiger partial charge in [0.25, 0.3) is 5.56 Å². The van der Waals surface area contributed by atoms with Gasteiger partial charge in [-0.1, -0.05) is 6.92 Å². The van der Waals surface area contributed by atoms with Crippen LogP contribution in [0, 0.1) is 0 Å². The van der Waals surface area contributed by atoms with E-state index in [1.54, 1.807) is 6.92 Å². The maximum Gasteiger partial charge on any atom is 0.283 e. The van der Waals surface area contributed by atoms with Crippen LogP contribution in [-0.2, 0) is 16.4 Å². The Balaban J connectivity index is 2.92. The lowest BCUT2D eigenvalue weighted by molar-refractivity contribution is 0.565. The monoisotopic (exact) mass is 351 g/mol. The Kier molecular flexibility index (Phi) is 5.54. The fraction of sp³-hybridized carbons (Fsp3) is 0.636. The van der Waals surface area contributed by atoms with Crippen molar-refractivity contribution in [1.29, 1.82) is 0 Å². The first-order valence-corrected chi connectivity index (χ1v) is 8.79. The fourth-order valence-corrected chi connectivity index (χ4v) is 3.11. The summed E-state index contributed by atoms with van der Waals surface area (Å²) < 4.78 is 24.1. The number of hydrogen-bond acceptors (Lipinski definition) is 5. The Morgan fingerprint density at radius 1 is 1.53 bits per heavy atom. The summed E-state index contributed by atoms with van der Waals surface area (Å²) in [5, 5.41) is 7.02. The van der Waals surface area contributed by atoms with Crippen LogP contribution in [0.5, 0.6) is 0 Å². The minimum atomic E-state index is -3.06. The van der Waals surface area contributed by atoms with Crippen molar-refractivity contribution in [3.8, 4) is 0 Å². The zero-order chi connectivity index (χ0) is 14.6. The number of halogens is 1. The second-order valence-electron chi connectivity index (χ2n) is 4.54. The van der Waals surface area contributed by atoms with Crippen LogP contribution in [-0.4, -0.2) is 36.2 Å². The first kappa shape index (κ1) is 16.2. The summed E-state index contributed by atoms with van der Waals surface area (Å²) in [4.78, 5) is 11.9. The van der Waals surface area contributed by atoms with Gasteiger partial charge in [0.15, 0.2) is 0 Å². The Bertz CT molecular complexity index is 598. The van der Waals surface area contributed by atoms with E-state index in [1.807, 2.05) is 6.92 Å². The average Bonchev–Trinajstić information content (AvgIpc) is 2.26. The number of nitrogens with zero attached hydrogens (tertiary/aromatic N) is 2. The van der Waals surface area contributed by atoms with Gasteiger partial charge in [-0.15, -0.1) is 0 Å². The van der Waals surface area contributed by atoms with Gasteiger partial charge in [-0.3, -0.25) is 4.79 Å². The Labute approximate surface area is 121 Å². The summed E-state index contributed by atoms with van der Waals surface area (Å²) in [6.07, 6.45) is 3.52. The minimum Gasteiger partial charge on any atom is -0.379 e. The number of aryl methyl sites for hydroxylation is 1. The van der Waals surface area contributed by atoms with Gasteiger partial charge in [0.05, 0.1) is 17.6 Å². The Morgan fingerprint density at radius 2 is 2.16 bits per heavy atom. The van der Waals surface area contributed by atoms with E-state index in [-0.39, 0.29) is 17.4 Å². The molecule has 1 atom stereocenters. The van der Waals surface area contributed by atoms with Crippen molar-refractivity contribution in [2.45, 2.75) is 32.9 Å². The van der Waals surface area contributed by atoms with Gasteiger partial charge in [-0.2, -0.15) is 5.10 Å². The molecule has 0 aliphatic carbocycles. The van der Waals surface area contributed by atoms with Gasteiger partial charge >= 0.3 is 0 Å². The fourth-order valence-electron chi connectivity index (χ4n) is 1.70. The molecule has 108 valence electrons. The molecule has 0 aliphatic heterocycles. The Hall–Kier alpha value is -0.890. The topological polar surface area (TPSA) is 81.1 Å². The molecule has 1 aromatic rings. The van der Waals surface area contributed by atoms with E-state index < -0.39 is 9.84 Å². The molecule has 0 aliphatic rings. The molecule has 0 spiro atoms. The predicted molar refractivity (Wildman–Crippen MR) is 79.3 cm³/mol. The van der Waals surface area contributed by atoms with Crippen molar-refractivity contribution in [2.24, 2.45) is 0 Å². The highest BCUT2D eigenvalue weighted by atomic mass is 79.9. The molecule has 0 radical (unpaired) electrons. The normalized spacial score (nSPS) is 13.3. The van der Waals surface area contributed by atoms with Gasteiger partial charge in [0.1, 0.15) is 14.3 Å². The van der Waals surface area contributed by atoms with Crippen LogP contribution < -0.4 is 10.9 Å². The highest BCUT2D eigenvalue weighted by Gasteiger charge is 2.14. The summed E-state index contributed by atoms with van der Waals surface area (Å²) >= 11 is 3.22. The van der Waals surface area contributed by atoms with E-state index in [1.165, 1.54) is 17.1 Å². The van der Waals surface area contributed by atoms with Crippen molar-refractivity contribution >= 4 is 31.5 Å². The molecule has 6 nitrogen and oxygen atoms in total. The first-order chi connectivity index (χ1) is 8.74. The van der Waals surface area contributed by atoms with Gasteiger partial charge in [-0.05, 0) is 29.3 Å². The molecule has 0 saturated heterocycles. The van der Waals surface area contributed by atoms with Crippen LogP contribution in [0.3, 0.4) is 0 Å². The molecular weight excluding hydrogens is 334 g/mol. The van der Waals surface area contributed by atoms with Crippen LogP contribution in [0.15, 0.2) is 15.5 Å². The second kappa shape index (κ2) is 6.51. The third-order valence-corrected chi connectivity index (χ3v) is 4.25. The maximum absolute atomic E-state index is 11.9. The number of sulfone groups is 1. The molecule has 1 N–H and O–H groups in total. The van der Waals surface area contributed by atoms with Crippen molar-refractivity contribution in [3.63, 3.8) is 0 Å². The number of anilines is 1. The summed E-state index contributed by atoms with van der Waals surface area (Å²) in [5.74, 6) is -0.00250. The molecule has 0 fully saturated rings. The third kappa shape index (κ3) is 4.94. The SMILES string of the molecule is CCCn1ncc(NC(C)CS(C)(=O)=O)c(Br)c1=O. The molecule has 1 rings (SSSR count). The van der Waals surface area contributed by atoms with Crippen LogP contribution >= 0.6 is 15.9 Å². The maximum atomic E-state index is 11.9. The zero-order valence-electron chi connectivity index (χ0n) is 11.2. The zero-order valence-corrected chi connectivity index (χ0v) is 13.6. The van der Waals surface area contributed by atoms with E-state index in [0.717, 1.165) is 6.42 Å². The smallest absolute Gasteiger partial charge is 0.283 e. The van der Waals surface area contributed by atoms with Gasteiger partial charge < -0.3 is 5.32 Å². The summed E-state index contributed by atoms with van der Waals surface area (Å²) in [6, 6.07) is -0.297. The third-order valence-electron chi connectivity index (χ3n) is 2.37. The van der Waals surface area contributed by atoms with Crippen molar-refractivity contribution in [1.82, 2.24) is 9.78 Å². The number of rotatable bonds is 6. The number of nitrogens with one attached hydrogen (secondary N) is 1. The molecule has 0 bridgehead atoms. The molecule has 1 heterocycles. The van der Waals surface area contributed by atoms with Crippen molar-refractivity contribution in [3.05, 3.63) is 21.0 Å². The average molecular weight is 352 g/mol. The number of aromatic nitrogens is 2. The molecule has 0 amide bonds. The number of hydrogen-bond donors (Lipinski definition) is 1. The second-order valence-corrected chi connectivity index (χ2v) is 7.52. The van der Waals surface area contributed by atoms with E-state index in [4.69, 9.17) is 0 Å². The van der Waals surface area contributed by atoms with E-state index in [9.17, 15) is 13.2 Å². The minimum absolute atomic E-state index is 0.00250. The van der Waals surface area contributed by atoms with E-state index in [2.05, 4.69) is 26.3 Å². The van der Waals surface area contributed by atoms with Crippen LogP contribution in [0.25, 0.3) is 0 Å². The first-order valence-electron chi connectivity index (χ1n) is 5.94. The highest BCUT2D eigenvalue weighted by molar-refractivity contribution is 9.10. The standard InChI is InChI=1S/C11H18BrN3O3S/c1-4-5-15-11(16)10(12)9(6-13-15)14-8(2)7-19(3,17)18/h6,8,14H,4-5,7H2,1-3H3. The van der Waals surface area contributed by atoms with Gasteiger partial charge in [0.2, 0.25) is 0 Å². The van der Waals surface area contributed by atoms with Crippen molar-refractivity contribution in [2.75, 3.05) is 17.3 Å². The van der Waals surface area contributed by atoms with Gasteiger partial charge in [0, 0.05) is 18.8 Å². The summed E-state index contributed by atoms with van der Waals surface area (Å²) in [5.41, 5.74) is 0.284. The van der Waals surface area contributed by atoms with Crippen LogP contribution in [0.1, 0.15) is 20.3 Å². The van der Waals surface area contributed by atoms with Crippen LogP contribution in [0.2, 0.25) is 0 Å². The molecule has 1 unspecified atom stereocenters. The van der Waals surface area contributed by atoms with E-state index >= 15 is 0 Å². The summed E-state index contributed by atoms with van der Waals surface area (Å²) in [7, 11) is -3.06. The Morgan fingerprint density at radius 3 is 2.68 bits per heavy atom. The lowest BCUT2D eigenvalue weighted by atomic mass is 10.3. The summed E-state index contributed by atoms with van der Waals surface area (Å²) in [6.45, 7) is 4.25. The molecular formula is C11H18BrN3O3S. The predicted octanol–water partition coefficient (Wildman–Crippen LogP) is 1.26. The lowest BCUT2D eigenvalue weighted by Crippen LogP contribution is -2.29. The van der Waals surface area contributed by atoms with E-state index in [0.29, 0.717) is 16.7 Å².